The normalized spacial score (nSPS) is 11.1. The second kappa shape index (κ2) is 6.85. The van der Waals surface area contributed by atoms with E-state index < -0.39 is 0 Å². The van der Waals surface area contributed by atoms with Gasteiger partial charge in [0.1, 0.15) is 5.82 Å². The van der Waals surface area contributed by atoms with Gasteiger partial charge in [-0.1, -0.05) is 30.3 Å². The van der Waals surface area contributed by atoms with Crippen molar-refractivity contribution in [2.45, 2.75) is 6.92 Å². The summed E-state index contributed by atoms with van der Waals surface area (Å²) >= 11 is 6.01. The lowest BCUT2D eigenvalue weighted by molar-refractivity contribution is 0.622. The molecule has 3 aromatic rings. The van der Waals surface area contributed by atoms with Crippen molar-refractivity contribution in [1.29, 1.82) is 0 Å². The van der Waals surface area contributed by atoms with Crippen LogP contribution in [0.5, 0.6) is 0 Å². The van der Waals surface area contributed by atoms with Gasteiger partial charge in [0, 0.05) is 28.0 Å². The summed E-state index contributed by atoms with van der Waals surface area (Å²) in [7, 11) is 0. The number of benzene rings is 1. The lowest BCUT2D eigenvalue weighted by Crippen LogP contribution is -2.00. The summed E-state index contributed by atoms with van der Waals surface area (Å²) < 4.78 is 15.7. The molecule has 0 spiro atoms. The van der Waals surface area contributed by atoms with Crippen LogP contribution in [0.3, 0.4) is 0 Å². The van der Waals surface area contributed by atoms with Gasteiger partial charge in [0.2, 0.25) is 0 Å². The number of nitrogens with zero attached hydrogens (tertiary/aromatic N) is 2. The van der Waals surface area contributed by atoms with Crippen LogP contribution in [-0.2, 0) is 0 Å². The summed E-state index contributed by atoms with van der Waals surface area (Å²) in [6, 6.07) is 11.0. The minimum atomic E-state index is -0.371. The first-order valence-corrected chi connectivity index (χ1v) is 7.89. The van der Waals surface area contributed by atoms with E-state index in [2.05, 4.69) is 11.6 Å². The van der Waals surface area contributed by atoms with Gasteiger partial charge < -0.3 is 4.57 Å². The summed E-state index contributed by atoms with van der Waals surface area (Å²) in [6.07, 6.45) is 8.60. The van der Waals surface area contributed by atoms with Gasteiger partial charge in [-0.05, 0) is 49.4 Å². The first-order valence-electron chi connectivity index (χ1n) is 7.51. The molecule has 4 heteroatoms. The minimum Gasteiger partial charge on any atom is -0.309 e. The molecule has 0 saturated carbocycles. The van der Waals surface area contributed by atoms with Crippen molar-refractivity contribution in [2.24, 2.45) is 0 Å². The number of allylic oxidation sites excluding steroid dienone is 1. The summed E-state index contributed by atoms with van der Waals surface area (Å²) in [4.78, 5) is 3.97. The van der Waals surface area contributed by atoms with Gasteiger partial charge >= 0.3 is 0 Å². The zero-order chi connectivity index (χ0) is 17.1. The SMILES string of the molecule is C=Cc1c(/C=C\C)cc(-c2cncc(F)c2)n1-c1ccc(Cl)cc1. The molecule has 0 bridgehead atoms. The Morgan fingerprint density at radius 3 is 2.54 bits per heavy atom. The molecule has 0 unspecified atom stereocenters. The third kappa shape index (κ3) is 3.03. The smallest absolute Gasteiger partial charge is 0.142 e. The maximum atomic E-state index is 13.7. The highest BCUT2D eigenvalue weighted by Gasteiger charge is 2.15. The summed E-state index contributed by atoms with van der Waals surface area (Å²) in [5.41, 5.74) is 4.39. The lowest BCUT2D eigenvalue weighted by atomic mass is 10.1. The van der Waals surface area contributed by atoms with Crippen LogP contribution < -0.4 is 0 Å². The van der Waals surface area contributed by atoms with Crippen molar-refractivity contribution < 1.29 is 4.39 Å². The molecule has 0 saturated heterocycles. The van der Waals surface area contributed by atoms with Gasteiger partial charge in [-0.15, -0.1) is 0 Å². The van der Waals surface area contributed by atoms with E-state index in [1.807, 2.05) is 54.0 Å². The van der Waals surface area contributed by atoms with Crippen molar-refractivity contribution in [1.82, 2.24) is 9.55 Å². The quantitative estimate of drug-likeness (QED) is 0.569. The first kappa shape index (κ1) is 16.2. The first-order chi connectivity index (χ1) is 11.6. The highest BCUT2D eigenvalue weighted by molar-refractivity contribution is 6.30. The molecule has 0 aliphatic carbocycles. The van der Waals surface area contributed by atoms with Gasteiger partial charge in [0.05, 0.1) is 17.6 Å². The predicted octanol–water partition coefficient (Wildman–Crippen LogP) is 6.01. The van der Waals surface area contributed by atoms with E-state index in [9.17, 15) is 4.39 Å². The van der Waals surface area contributed by atoms with E-state index >= 15 is 0 Å². The highest BCUT2D eigenvalue weighted by atomic mass is 35.5. The second-order valence-corrected chi connectivity index (χ2v) is 5.71. The molecule has 0 fully saturated rings. The molecule has 0 aliphatic heterocycles. The average molecular weight is 339 g/mol. The van der Waals surface area contributed by atoms with Crippen LogP contribution in [-0.4, -0.2) is 9.55 Å². The summed E-state index contributed by atoms with van der Waals surface area (Å²) in [5, 5.41) is 0.661. The molecule has 0 aliphatic rings. The van der Waals surface area contributed by atoms with Crippen LogP contribution in [0.2, 0.25) is 5.02 Å². The molecule has 1 aromatic carbocycles. The average Bonchev–Trinajstić information content (AvgIpc) is 2.94. The molecule has 0 atom stereocenters. The Morgan fingerprint density at radius 2 is 1.92 bits per heavy atom. The summed E-state index contributed by atoms with van der Waals surface area (Å²) in [6.45, 7) is 5.89. The van der Waals surface area contributed by atoms with Crippen LogP contribution in [0, 0.1) is 5.82 Å². The molecular formula is C20H16ClFN2. The van der Waals surface area contributed by atoms with Crippen molar-refractivity contribution in [3.05, 3.63) is 83.5 Å². The lowest BCUT2D eigenvalue weighted by Gasteiger charge is -2.12. The molecular weight excluding hydrogens is 323 g/mol. The van der Waals surface area contributed by atoms with Crippen LogP contribution in [0.25, 0.3) is 29.1 Å². The fourth-order valence-electron chi connectivity index (χ4n) is 2.70. The van der Waals surface area contributed by atoms with Crippen LogP contribution in [0.1, 0.15) is 18.2 Å². The predicted molar refractivity (Wildman–Crippen MR) is 98.8 cm³/mol. The van der Waals surface area contributed by atoms with Crippen molar-refractivity contribution in [3.8, 4) is 16.9 Å². The number of halogens is 2. The van der Waals surface area contributed by atoms with Crippen molar-refractivity contribution >= 4 is 23.8 Å². The molecule has 0 N–H and O–H groups in total. The number of aromatic nitrogens is 2. The Morgan fingerprint density at radius 1 is 1.17 bits per heavy atom. The topological polar surface area (TPSA) is 17.8 Å². The van der Waals surface area contributed by atoms with Crippen molar-refractivity contribution in [3.63, 3.8) is 0 Å². The molecule has 2 heterocycles. The van der Waals surface area contributed by atoms with Gasteiger partial charge in [-0.2, -0.15) is 0 Å². The zero-order valence-electron chi connectivity index (χ0n) is 13.2. The summed E-state index contributed by atoms with van der Waals surface area (Å²) in [5.74, 6) is -0.371. The molecule has 24 heavy (non-hydrogen) atoms. The van der Waals surface area contributed by atoms with E-state index in [0.717, 1.165) is 22.6 Å². The zero-order valence-corrected chi connectivity index (χ0v) is 14.0. The molecule has 0 radical (unpaired) electrons. The largest absolute Gasteiger partial charge is 0.309 e. The highest BCUT2D eigenvalue weighted by Crippen LogP contribution is 2.31. The number of rotatable bonds is 4. The van der Waals surface area contributed by atoms with Crippen molar-refractivity contribution in [2.75, 3.05) is 0 Å². The number of pyridine rings is 1. The molecule has 0 amide bonds. The van der Waals surface area contributed by atoms with Crippen LogP contribution >= 0.6 is 11.6 Å². The third-order valence-corrected chi connectivity index (χ3v) is 3.95. The third-order valence-electron chi connectivity index (χ3n) is 3.69. The molecule has 3 rings (SSSR count). The van der Waals surface area contributed by atoms with E-state index in [1.165, 1.54) is 12.3 Å². The Balaban J connectivity index is 2.31. The fourth-order valence-corrected chi connectivity index (χ4v) is 2.83. The minimum absolute atomic E-state index is 0.371. The Kier molecular flexibility index (Phi) is 4.63. The van der Waals surface area contributed by atoms with Crippen LogP contribution in [0.15, 0.2) is 61.4 Å². The van der Waals surface area contributed by atoms with Gasteiger partial charge in [-0.3, -0.25) is 4.98 Å². The van der Waals surface area contributed by atoms with E-state index in [0.29, 0.717) is 10.6 Å². The maximum absolute atomic E-state index is 13.7. The Bertz CT molecular complexity index is 908. The Labute approximate surface area is 145 Å². The van der Waals surface area contributed by atoms with Gasteiger partial charge in [-0.25, -0.2) is 4.39 Å². The standard InChI is InChI=1S/C20H16ClFN2/c1-3-5-14-11-20(15-10-17(22)13-23-12-15)24(19(14)4-2)18-8-6-16(21)7-9-18/h3-13H,2H2,1H3/b5-3-. The number of hydrogen-bond acceptors (Lipinski definition) is 1. The maximum Gasteiger partial charge on any atom is 0.142 e. The Hall–Kier alpha value is -2.65. The van der Waals surface area contributed by atoms with Crippen LogP contribution in [0.4, 0.5) is 4.39 Å². The second-order valence-electron chi connectivity index (χ2n) is 5.28. The van der Waals surface area contributed by atoms with E-state index in [-0.39, 0.29) is 5.82 Å². The molecule has 2 nitrogen and oxygen atoms in total. The molecule has 2 aromatic heterocycles. The number of hydrogen-bond donors (Lipinski definition) is 0. The van der Waals surface area contributed by atoms with Gasteiger partial charge in [0.25, 0.3) is 0 Å². The fraction of sp³-hybridized carbons (Fsp3) is 0.0500. The monoisotopic (exact) mass is 338 g/mol. The van der Waals surface area contributed by atoms with E-state index in [1.54, 1.807) is 12.3 Å². The molecule has 120 valence electrons. The van der Waals surface area contributed by atoms with Gasteiger partial charge in [0.15, 0.2) is 0 Å². The van der Waals surface area contributed by atoms with E-state index in [4.69, 9.17) is 11.6 Å².